The Labute approximate surface area is 125 Å². The summed E-state index contributed by atoms with van der Waals surface area (Å²) < 4.78 is 5.09. The average Bonchev–Trinajstić information content (AvgIpc) is 3.08. The molecule has 1 aliphatic heterocycles. The third-order valence-corrected chi connectivity index (χ3v) is 4.63. The van der Waals surface area contributed by atoms with E-state index in [2.05, 4.69) is 10.1 Å². The molecule has 2 fully saturated rings. The highest BCUT2D eigenvalue weighted by atomic mass is 16.5. The van der Waals surface area contributed by atoms with Gasteiger partial charge in [0.25, 0.3) is 0 Å². The molecule has 3 rings (SSSR count). The monoisotopic (exact) mass is 292 g/mol. The number of piperazine rings is 1. The molecule has 1 saturated carbocycles. The normalized spacial score (nSPS) is 27.2. The quantitative estimate of drug-likeness (QED) is 0.890. The lowest BCUT2D eigenvalue weighted by atomic mass is 10.0. The van der Waals surface area contributed by atoms with Gasteiger partial charge in [0.1, 0.15) is 5.76 Å². The van der Waals surface area contributed by atoms with Crippen molar-refractivity contribution in [1.29, 1.82) is 0 Å². The van der Waals surface area contributed by atoms with E-state index in [4.69, 9.17) is 10.3 Å². The summed E-state index contributed by atoms with van der Waals surface area (Å²) in [6.45, 7) is 6.05. The van der Waals surface area contributed by atoms with Crippen LogP contribution in [0.1, 0.15) is 30.7 Å². The summed E-state index contributed by atoms with van der Waals surface area (Å²) in [6.07, 6.45) is 3.03. The third-order valence-electron chi connectivity index (χ3n) is 4.63. The number of aromatic nitrogens is 1. The molecule has 2 atom stereocenters. The van der Waals surface area contributed by atoms with Gasteiger partial charge in [-0.3, -0.25) is 9.69 Å². The molecule has 2 aliphatic rings. The molecule has 0 radical (unpaired) electrons. The standard InChI is InChI=1S/C15H24N4O2/c1-11-9-12(17-21-11)10-18-5-7-19(8-6-18)15(20)13-3-2-4-14(13)16/h9,13-14H,2-8,10,16H2,1H3/t13-,14+/m0/s1. The van der Waals surface area contributed by atoms with Crippen molar-refractivity contribution in [2.45, 2.75) is 38.8 Å². The SMILES string of the molecule is Cc1cc(CN2CCN(C(=O)[C@H]3CCC[C@H]3N)CC2)no1. The highest BCUT2D eigenvalue weighted by Gasteiger charge is 2.34. The first-order chi connectivity index (χ1) is 10.1. The van der Waals surface area contributed by atoms with Gasteiger partial charge in [0.2, 0.25) is 5.91 Å². The molecule has 6 nitrogen and oxygen atoms in total. The van der Waals surface area contributed by atoms with Crippen LogP contribution in [0.2, 0.25) is 0 Å². The molecule has 0 aromatic carbocycles. The van der Waals surface area contributed by atoms with Crippen LogP contribution in [0.3, 0.4) is 0 Å². The zero-order valence-electron chi connectivity index (χ0n) is 12.6. The van der Waals surface area contributed by atoms with E-state index < -0.39 is 0 Å². The Morgan fingerprint density at radius 2 is 2.14 bits per heavy atom. The second-order valence-electron chi connectivity index (χ2n) is 6.23. The number of carbonyl (C=O) groups excluding carboxylic acids is 1. The maximum Gasteiger partial charge on any atom is 0.227 e. The van der Waals surface area contributed by atoms with Crippen LogP contribution in [0, 0.1) is 12.8 Å². The van der Waals surface area contributed by atoms with Crippen molar-refractivity contribution in [2.75, 3.05) is 26.2 Å². The Hall–Kier alpha value is -1.40. The van der Waals surface area contributed by atoms with Gasteiger partial charge < -0.3 is 15.2 Å². The van der Waals surface area contributed by atoms with Crippen LogP contribution in [0.4, 0.5) is 0 Å². The minimum Gasteiger partial charge on any atom is -0.361 e. The van der Waals surface area contributed by atoms with Crippen LogP contribution in [-0.4, -0.2) is 53.1 Å². The summed E-state index contributed by atoms with van der Waals surface area (Å²) in [5, 5.41) is 4.02. The maximum atomic E-state index is 12.5. The van der Waals surface area contributed by atoms with Crippen molar-refractivity contribution >= 4 is 5.91 Å². The number of nitrogens with zero attached hydrogens (tertiary/aromatic N) is 3. The van der Waals surface area contributed by atoms with Crippen molar-refractivity contribution in [2.24, 2.45) is 11.7 Å². The molecule has 1 saturated heterocycles. The minimum atomic E-state index is 0.0507. The number of hydrogen-bond donors (Lipinski definition) is 1. The Balaban J connectivity index is 1.49. The summed E-state index contributed by atoms with van der Waals surface area (Å²) in [5.74, 6) is 1.15. The molecule has 1 aromatic heterocycles. The Kier molecular flexibility index (Phi) is 4.26. The van der Waals surface area contributed by atoms with Crippen LogP contribution >= 0.6 is 0 Å². The summed E-state index contributed by atoms with van der Waals surface area (Å²) in [5.41, 5.74) is 7.00. The lowest BCUT2D eigenvalue weighted by Gasteiger charge is -2.36. The van der Waals surface area contributed by atoms with Gasteiger partial charge in [-0.1, -0.05) is 11.6 Å². The molecule has 21 heavy (non-hydrogen) atoms. The van der Waals surface area contributed by atoms with Crippen LogP contribution in [-0.2, 0) is 11.3 Å². The van der Waals surface area contributed by atoms with Gasteiger partial charge in [-0.15, -0.1) is 0 Å². The van der Waals surface area contributed by atoms with Gasteiger partial charge >= 0.3 is 0 Å². The average molecular weight is 292 g/mol. The highest BCUT2D eigenvalue weighted by molar-refractivity contribution is 5.80. The van der Waals surface area contributed by atoms with Crippen molar-refractivity contribution in [3.05, 3.63) is 17.5 Å². The molecule has 2 heterocycles. The largest absolute Gasteiger partial charge is 0.361 e. The molecule has 6 heteroatoms. The van der Waals surface area contributed by atoms with Gasteiger partial charge in [0, 0.05) is 44.8 Å². The van der Waals surface area contributed by atoms with Gasteiger partial charge in [-0.2, -0.15) is 0 Å². The smallest absolute Gasteiger partial charge is 0.227 e. The summed E-state index contributed by atoms with van der Waals surface area (Å²) in [7, 11) is 0. The molecule has 2 N–H and O–H groups in total. The first-order valence-electron chi connectivity index (χ1n) is 7.82. The Morgan fingerprint density at radius 1 is 1.38 bits per heavy atom. The first-order valence-corrected chi connectivity index (χ1v) is 7.82. The van der Waals surface area contributed by atoms with Gasteiger partial charge in [-0.05, 0) is 19.8 Å². The van der Waals surface area contributed by atoms with E-state index in [0.29, 0.717) is 0 Å². The lowest BCUT2D eigenvalue weighted by molar-refractivity contribution is -0.137. The van der Waals surface area contributed by atoms with Crippen LogP contribution in [0.5, 0.6) is 0 Å². The maximum absolute atomic E-state index is 12.5. The Bertz CT molecular complexity index is 494. The van der Waals surface area contributed by atoms with Crippen molar-refractivity contribution in [1.82, 2.24) is 15.0 Å². The fraction of sp³-hybridized carbons (Fsp3) is 0.733. The number of rotatable bonds is 3. The predicted octanol–water partition coefficient (Wildman–Crippen LogP) is 0.755. The fourth-order valence-electron chi connectivity index (χ4n) is 3.38. The van der Waals surface area contributed by atoms with Crippen LogP contribution in [0.25, 0.3) is 0 Å². The summed E-state index contributed by atoms with van der Waals surface area (Å²) in [4.78, 5) is 16.8. The van der Waals surface area contributed by atoms with Crippen molar-refractivity contribution < 1.29 is 9.32 Å². The molecular formula is C15H24N4O2. The number of hydrogen-bond acceptors (Lipinski definition) is 5. The van der Waals surface area contributed by atoms with E-state index in [-0.39, 0.29) is 17.9 Å². The van der Waals surface area contributed by atoms with Crippen molar-refractivity contribution in [3.8, 4) is 0 Å². The molecule has 1 aliphatic carbocycles. The van der Waals surface area contributed by atoms with Gasteiger partial charge in [0.05, 0.1) is 11.6 Å². The van der Waals surface area contributed by atoms with E-state index in [0.717, 1.165) is 63.4 Å². The summed E-state index contributed by atoms with van der Waals surface area (Å²) in [6, 6.07) is 2.03. The fourth-order valence-corrected chi connectivity index (χ4v) is 3.38. The molecular weight excluding hydrogens is 268 g/mol. The van der Waals surface area contributed by atoms with E-state index >= 15 is 0 Å². The highest BCUT2D eigenvalue weighted by Crippen LogP contribution is 2.26. The molecule has 1 aromatic rings. The van der Waals surface area contributed by atoms with E-state index in [1.165, 1.54) is 0 Å². The van der Waals surface area contributed by atoms with E-state index in [1.54, 1.807) is 0 Å². The number of carbonyl (C=O) groups is 1. The molecule has 0 spiro atoms. The molecule has 0 bridgehead atoms. The first kappa shape index (κ1) is 14.5. The number of amides is 1. The number of aryl methyl sites for hydroxylation is 1. The van der Waals surface area contributed by atoms with Gasteiger partial charge in [0.15, 0.2) is 0 Å². The third kappa shape index (κ3) is 3.27. The van der Waals surface area contributed by atoms with E-state index in [9.17, 15) is 4.79 Å². The van der Waals surface area contributed by atoms with E-state index in [1.807, 2.05) is 17.9 Å². The summed E-state index contributed by atoms with van der Waals surface area (Å²) >= 11 is 0. The van der Waals surface area contributed by atoms with Crippen molar-refractivity contribution in [3.63, 3.8) is 0 Å². The second kappa shape index (κ2) is 6.15. The zero-order chi connectivity index (χ0) is 14.8. The topological polar surface area (TPSA) is 75.6 Å². The van der Waals surface area contributed by atoms with Crippen LogP contribution < -0.4 is 5.73 Å². The Morgan fingerprint density at radius 3 is 2.71 bits per heavy atom. The predicted molar refractivity (Wildman–Crippen MR) is 78.4 cm³/mol. The van der Waals surface area contributed by atoms with Gasteiger partial charge in [-0.25, -0.2) is 0 Å². The van der Waals surface area contributed by atoms with Crippen LogP contribution in [0.15, 0.2) is 10.6 Å². The second-order valence-corrected chi connectivity index (χ2v) is 6.23. The minimum absolute atomic E-state index is 0.0507. The zero-order valence-corrected chi connectivity index (χ0v) is 12.6. The number of nitrogens with two attached hydrogens (primary N) is 1. The molecule has 1 amide bonds. The lowest BCUT2D eigenvalue weighted by Crippen LogP contribution is -2.51. The molecule has 0 unspecified atom stereocenters. The molecule has 116 valence electrons.